The van der Waals surface area contributed by atoms with Crippen LogP contribution < -0.4 is 0 Å². The van der Waals surface area contributed by atoms with Gasteiger partial charge in [-0.15, -0.1) is 0 Å². The normalized spacial score (nSPS) is 10.6. The van der Waals surface area contributed by atoms with Crippen molar-refractivity contribution in [1.82, 2.24) is 4.98 Å². The maximum absolute atomic E-state index is 12.4. The van der Waals surface area contributed by atoms with Crippen molar-refractivity contribution >= 4 is 28.6 Å². The molecule has 0 unspecified atom stereocenters. The van der Waals surface area contributed by atoms with Crippen LogP contribution in [0.15, 0.2) is 12.3 Å². The van der Waals surface area contributed by atoms with E-state index < -0.39 is 12.4 Å². The number of carboxylic acid groups (broad SMARTS) is 1. The first kappa shape index (κ1) is 11.3. The lowest BCUT2D eigenvalue weighted by molar-refractivity contribution is 0.0696. The predicted molar refractivity (Wildman–Crippen MR) is 53.9 cm³/mol. The number of halogens is 3. The number of hydrogen-bond acceptors (Lipinski definition) is 2. The summed E-state index contributed by atoms with van der Waals surface area (Å²) >= 11 is 1.90. The summed E-state index contributed by atoms with van der Waals surface area (Å²) in [7, 11) is 0. The fourth-order valence-corrected chi connectivity index (χ4v) is 1.57. The summed E-state index contributed by atoms with van der Waals surface area (Å²) in [6, 6.07) is 0.966. The first-order valence-corrected chi connectivity index (χ1v) is 5.15. The van der Waals surface area contributed by atoms with Crippen molar-refractivity contribution in [2.45, 2.75) is 10.9 Å². The first-order chi connectivity index (χ1) is 6.56. The third-order valence-corrected chi connectivity index (χ3v) is 2.33. The highest BCUT2D eigenvalue weighted by Gasteiger charge is 2.16. The van der Waals surface area contributed by atoms with Crippen LogP contribution in [0.4, 0.5) is 8.78 Å². The van der Waals surface area contributed by atoms with E-state index in [-0.39, 0.29) is 16.8 Å². The van der Waals surface area contributed by atoms with Crippen LogP contribution in [0.25, 0.3) is 0 Å². The number of hydrogen-bond donors (Lipinski definition) is 1. The van der Waals surface area contributed by atoms with Gasteiger partial charge in [-0.05, 0) is 6.07 Å². The molecule has 0 radical (unpaired) electrons. The molecule has 76 valence electrons. The van der Waals surface area contributed by atoms with E-state index in [1.807, 2.05) is 22.6 Å². The molecule has 1 aromatic heterocycles. The monoisotopic (exact) mass is 313 g/mol. The van der Waals surface area contributed by atoms with Gasteiger partial charge < -0.3 is 5.11 Å². The van der Waals surface area contributed by atoms with E-state index in [9.17, 15) is 13.6 Å². The minimum absolute atomic E-state index is 0.214. The average Bonchev–Trinajstić information content (AvgIpc) is 2.16. The molecule has 6 heteroatoms. The van der Waals surface area contributed by atoms with E-state index in [0.717, 1.165) is 12.3 Å². The van der Waals surface area contributed by atoms with Crippen molar-refractivity contribution in [3.8, 4) is 0 Å². The minimum Gasteiger partial charge on any atom is -0.478 e. The van der Waals surface area contributed by atoms with E-state index >= 15 is 0 Å². The van der Waals surface area contributed by atoms with E-state index in [1.54, 1.807) is 0 Å². The Bertz CT molecular complexity index is 357. The highest BCUT2D eigenvalue weighted by molar-refractivity contribution is 14.1. The molecule has 0 saturated heterocycles. The van der Waals surface area contributed by atoms with Crippen LogP contribution in [0.5, 0.6) is 0 Å². The zero-order valence-electron chi connectivity index (χ0n) is 6.88. The topological polar surface area (TPSA) is 50.2 Å². The summed E-state index contributed by atoms with van der Waals surface area (Å²) in [6.07, 6.45) is -1.60. The van der Waals surface area contributed by atoms with Crippen molar-refractivity contribution in [1.29, 1.82) is 0 Å². The van der Waals surface area contributed by atoms with Gasteiger partial charge in [0.15, 0.2) is 0 Å². The fraction of sp³-hybridized carbons (Fsp3) is 0.250. The standard InChI is InChI=1S/C8H6F2INO2/c9-7(10)5-1-4(8(13)14)3-12-6(5)2-11/h1,3,7H,2H2,(H,13,14). The zero-order valence-corrected chi connectivity index (χ0v) is 9.03. The summed E-state index contributed by atoms with van der Waals surface area (Å²) in [4.78, 5) is 14.2. The molecule has 14 heavy (non-hydrogen) atoms. The molecular formula is C8H6F2INO2. The Labute approximate surface area is 92.3 Å². The Balaban J connectivity index is 3.20. The number of pyridine rings is 1. The molecule has 0 atom stereocenters. The lowest BCUT2D eigenvalue weighted by Gasteiger charge is -2.05. The van der Waals surface area contributed by atoms with Crippen molar-refractivity contribution in [3.05, 3.63) is 29.1 Å². The van der Waals surface area contributed by atoms with Crippen LogP contribution in [0.3, 0.4) is 0 Å². The Hall–Kier alpha value is -0.790. The van der Waals surface area contributed by atoms with Crippen LogP contribution in [0, 0.1) is 0 Å². The van der Waals surface area contributed by atoms with E-state index in [0.29, 0.717) is 4.43 Å². The van der Waals surface area contributed by atoms with Gasteiger partial charge in [0, 0.05) is 16.2 Å². The zero-order chi connectivity index (χ0) is 10.7. The van der Waals surface area contributed by atoms with Crippen molar-refractivity contribution in [2.75, 3.05) is 0 Å². The molecule has 0 aromatic carbocycles. The number of aromatic carboxylic acids is 1. The van der Waals surface area contributed by atoms with Crippen molar-refractivity contribution in [2.24, 2.45) is 0 Å². The molecule has 0 spiro atoms. The fourth-order valence-electron chi connectivity index (χ4n) is 0.928. The number of aromatic nitrogens is 1. The van der Waals surface area contributed by atoms with Crippen molar-refractivity contribution in [3.63, 3.8) is 0 Å². The largest absolute Gasteiger partial charge is 0.478 e. The molecule has 0 aliphatic heterocycles. The van der Waals surface area contributed by atoms with Crippen LogP contribution in [0.2, 0.25) is 0 Å². The molecule has 0 aliphatic rings. The number of nitrogens with zero attached hydrogens (tertiary/aromatic N) is 1. The van der Waals surface area contributed by atoms with Crippen LogP contribution >= 0.6 is 22.6 Å². The summed E-state index contributed by atoms with van der Waals surface area (Å²) in [6.45, 7) is 0. The SMILES string of the molecule is O=C(O)c1cnc(CI)c(C(F)F)c1. The van der Waals surface area contributed by atoms with Gasteiger partial charge in [-0.3, -0.25) is 4.98 Å². The Morgan fingerprint density at radius 2 is 2.29 bits per heavy atom. The number of carboxylic acids is 1. The molecule has 0 amide bonds. The lowest BCUT2D eigenvalue weighted by atomic mass is 10.1. The van der Waals surface area contributed by atoms with Gasteiger partial charge in [0.25, 0.3) is 6.43 Å². The summed E-state index contributed by atoms with van der Waals surface area (Å²) < 4.78 is 25.2. The molecule has 0 saturated carbocycles. The average molecular weight is 313 g/mol. The molecular weight excluding hydrogens is 307 g/mol. The maximum atomic E-state index is 12.4. The van der Waals surface area contributed by atoms with Gasteiger partial charge >= 0.3 is 5.97 Å². The molecule has 1 N–H and O–H groups in total. The smallest absolute Gasteiger partial charge is 0.337 e. The second-order valence-corrected chi connectivity index (χ2v) is 3.26. The van der Waals surface area contributed by atoms with E-state index in [1.165, 1.54) is 0 Å². The van der Waals surface area contributed by atoms with Crippen LogP contribution in [-0.2, 0) is 4.43 Å². The molecule has 0 aliphatic carbocycles. The summed E-state index contributed by atoms with van der Waals surface area (Å²) in [5.74, 6) is -1.25. The summed E-state index contributed by atoms with van der Waals surface area (Å²) in [5.41, 5.74) is -0.293. The molecule has 1 heterocycles. The van der Waals surface area contributed by atoms with Gasteiger partial charge in [-0.2, -0.15) is 0 Å². The molecule has 1 rings (SSSR count). The Kier molecular flexibility index (Phi) is 3.73. The predicted octanol–water partition coefficient (Wildman–Crippen LogP) is 2.65. The van der Waals surface area contributed by atoms with Gasteiger partial charge in [0.2, 0.25) is 0 Å². The van der Waals surface area contributed by atoms with Gasteiger partial charge in [0.05, 0.1) is 11.3 Å². The number of alkyl halides is 3. The molecule has 1 aromatic rings. The summed E-state index contributed by atoms with van der Waals surface area (Å²) in [5, 5.41) is 8.57. The van der Waals surface area contributed by atoms with Gasteiger partial charge in [-0.1, -0.05) is 22.6 Å². The van der Waals surface area contributed by atoms with E-state index in [2.05, 4.69) is 4.98 Å². The third-order valence-electron chi connectivity index (χ3n) is 1.61. The highest BCUT2D eigenvalue weighted by atomic mass is 127. The molecule has 3 nitrogen and oxygen atoms in total. The first-order valence-electron chi connectivity index (χ1n) is 3.62. The van der Waals surface area contributed by atoms with Crippen LogP contribution in [-0.4, -0.2) is 16.1 Å². The third kappa shape index (κ3) is 2.37. The second kappa shape index (κ2) is 4.63. The Morgan fingerprint density at radius 1 is 1.64 bits per heavy atom. The van der Waals surface area contributed by atoms with Crippen LogP contribution in [0.1, 0.15) is 28.0 Å². The number of rotatable bonds is 3. The molecule has 0 fully saturated rings. The maximum Gasteiger partial charge on any atom is 0.337 e. The molecule has 0 bridgehead atoms. The van der Waals surface area contributed by atoms with E-state index in [4.69, 9.17) is 5.11 Å². The lowest BCUT2D eigenvalue weighted by Crippen LogP contribution is -2.03. The highest BCUT2D eigenvalue weighted by Crippen LogP contribution is 2.24. The van der Waals surface area contributed by atoms with Crippen molar-refractivity contribution < 1.29 is 18.7 Å². The minimum atomic E-state index is -2.69. The van der Waals surface area contributed by atoms with Gasteiger partial charge in [0.1, 0.15) is 0 Å². The number of carbonyl (C=O) groups is 1. The second-order valence-electron chi connectivity index (χ2n) is 2.50. The van der Waals surface area contributed by atoms with Gasteiger partial charge in [-0.25, -0.2) is 13.6 Å². The quantitative estimate of drug-likeness (QED) is 0.689. The Morgan fingerprint density at radius 3 is 2.71 bits per heavy atom.